The standard InChI is InChI=1S/C17H14N6O/c24-17(21-12-1-4-14-10(5-12)8-20-22-14)11-6-15-16(18-7-11)23(9-19-15)13-2-3-13/h1,4-9,13H,2-3H2,(H,20,22)(H,21,24). The van der Waals surface area contributed by atoms with Gasteiger partial charge in [-0.15, -0.1) is 0 Å². The molecule has 24 heavy (non-hydrogen) atoms. The average molecular weight is 318 g/mol. The summed E-state index contributed by atoms with van der Waals surface area (Å²) in [5.74, 6) is -0.201. The molecule has 0 atom stereocenters. The van der Waals surface area contributed by atoms with Gasteiger partial charge in [-0.25, -0.2) is 9.97 Å². The maximum absolute atomic E-state index is 12.5. The third-order valence-corrected chi connectivity index (χ3v) is 4.31. The lowest BCUT2D eigenvalue weighted by Crippen LogP contribution is -2.12. The van der Waals surface area contributed by atoms with Gasteiger partial charge >= 0.3 is 0 Å². The Bertz CT molecular complexity index is 1080. The SMILES string of the molecule is O=C(Nc1ccc2[nH]ncc2c1)c1cnc2c(c1)ncn2C1CC1. The molecule has 1 aromatic carbocycles. The van der Waals surface area contributed by atoms with Crippen LogP contribution in [0.5, 0.6) is 0 Å². The number of nitrogens with one attached hydrogen (secondary N) is 2. The van der Waals surface area contributed by atoms with Gasteiger partial charge in [0.25, 0.3) is 5.91 Å². The van der Waals surface area contributed by atoms with Crippen LogP contribution in [0, 0.1) is 0 Å². The number of hydrogen-bond acceptors (Lipinski definition) is 4. The quantitative estimate of drug-likeness (QED) is 0.608. The highest BCUT2D eigenvalue weighted by Gasteiger charge is 2.25. The van der Waals surface area contributed by atoms with Gasteiger partial charge in [-0.1, -0.05) is 0 Å². The topological polar surface area (TPSA) is 88.5 Å². The number of aromatic amines is 1. The zero-order valence-corrected chi connectivity index (χ0v) is 12.7. The predicted molar refractivity (Wildman–Crippen MR) is 89.8 cm³/mol. The molecule has 7 nitrogen and oxygen atoms in total. The number of H-pyrrole nitrogens is 1. The molecule has 1 aliphatic carbocycles. The number of amides is 1. The van der Waals surface area contributed by atoms with Crippen LogP contribution >= 0.6 is 0 Å². The highest BCUT2D eigenvalue weighted by atomic mass is 16.1. The number of hydrogen-bond donors (Lipinski definition) is 2. The number of nitrogens with zero attached hydrogens (tertiary/aromatic N) is 4. The van der Waals surface area contributed by atoms with E-state index in [1.165, 1.54) is 12.8 Å². The molecule has 2 N–H and O–H groups in total. The van der Waals surface area contributed by atoms with E-state index in [9.17, 15) is 4.79 Å². The number of pyridine rings is 1. The lowest BCUT2D eigenvalue weighted by molar-refractivity contribution is 0.102. The molecule has 7 heteroatoms. The number of rotatable bonds is 3. The van der Waals surface area contributed by atoms with Crippen molar-refractivity contribution < 1.29 is 4.79 Å². The molecule has 1 saturated carbocycles. The maximum Gasteiger partial charge on any atom is 0.257 e. The van der Waals surface area contributed by atoms with Gasteiger partial charge in [-0.3, -0.25) is 9.89 Å². The van der Waals surface area contributed by atoms with Gasteiger partial charge < -0.3 is 9.88 Å². The summed E-state index contributed by atoms with van der Waals surface area (Å²) in [7, 11) is 0. The van der Waals surface area contributed by atoms with Crippen molar-refractivity contribution in [1.29, 1.82) is 0 Å². The van der Waals surface area contributed by atoms with Gasteiger partial charge in [-0.05, 0) is 37.1 Å². The fraction of sp³-hybridized carbons (Fsp3) is 0.176. The van der Waals surface area contributed by atoms with Gasteiger partial charge in [0, 0.05) is 23.3 Å². The number of imidazole rings is 1. The van der Waals surface area contributed by atoms with Gasteiger partial charge in [-0.2, -0.15) is 5.10 Å². The molecule has 0 aliphatic heterocycles. The Labute approximate surface area is 136 Å². The highest BCUT2D eigenvalue weighted by Crippen LogP contribution is 2.36. The van der Waals surface area contributed by atoms with Crippen molar-refractivity contribution in [3.8, 4) is 0 Å². The van der Waals surface area contributed by atoms with E-state index >= 15 is 0 Å². The molecule has 0 bridgehead atoms. The summed E-state index contributed by atoms with van der Waals surface area (Å²) in [5.41, 5.74) is 3.74. The zero-order valence-electron chi connectivity index (χ0n) is 12.7. The molecule has 3 heterocycles. The monoisotopic (exact) mass is 318 g/mol. The third-order valence-electron chi connectivity index (χ3n) is 4.31. The molecule has 3 aromatic heterocycles. The Morgan fingerprint density at radius 3 is 3.00 bits per heavy atom. The number of anilines is 1. The van der Waals surface area contributed by atoms with E-state index in [2.05, 4.69) is 30.0 Å². The molecule has 1 amide bonds. The fourth-order valence-corrected chi connectivity index (χ4v) is 2.89. The first-order valence-electron chi connectivity index (χ1n) is 7.85. The predicted octanol–water partition coefficient (Wildman–Crippen LogP) is 2.89. The van der Waals surface area contributed by atoms with Crippen LogP contribution in [0.1, 0.15) is 29.2 Å². The highest BCUT2D eigenvalue weighted by molar-refractivity contribution is 6.06. The molecule has 0 radical (unpaired) electrons. The van der Waals surface area contributed by atoms with Crippen LogP contribution in [-0.4, -0.2) is 30.6 Å². The van der Waals surface area contributed by atoms with Crippen LogP contribution in [-0.2, 0) is 0 Å². The van der Waals surface area contributed by atoms with Gasteiger partial charge in [0.1, 0.15) is 5.52 Å². The second kappa shape index (κ2) is 4.89. The Morgan fingerprint density at radius 2 is 2.12 bits per heavy atom. The summed E-state index contributed by atoms with van der Waals surface area (Å²) in [6, 6.07) is 7.91. The Kier molecular flexibility index (Phi) is 2.70. The van der Waals surface area contributed by atoms with E-state index in [0.717, 1.165) is 27.8 Å². The first-order valence-corrected chi connectivity index (χ1v) is 7.85. The maximum atomic E-state index is 12.5. The molecule has 0 spiro atoms. The average Bonchev–Trinajstić information content (AvgIpc) is 3.18. The van der Waals surface area contributed by atoms with Gasteiger partial charge in [0.15, 0.2) is 5.65 Å². The van der Waals surface area contributed by atoms with Crippen LogP contribution in [0.3, 0.4) is 0 Å². The van der Waals surface area contributed by atoms with E-state index in [4.69, 9.17) is 0 Å². The van der Waals surface area contributed by atoms with Crippen molar-refractivity contribution in [2.24, 2.45) is 0 Å². The Hall–Kier alpha value is -3.22. The van der Waals surface area contributed by atoms with Crippen molar-refractivity contribution in [3.63, 3.8) is 0 Å². The summed E-state index contributed by atoms with van der Waals surface area (Å²) in [6.45, 7) is 0. The van der Waals surface area contributed by atoms with Crippen LogP contribution < -0.4 is 5.32 Å². The molecule has 1 fully saturated rings. The second-order valence-corrected chi connectivity index (χ2v) is 6.08. The van der Waals surface area contributed by atoms with E-state index < -0.39 is 0 Å². The largest absolute Gasteiger partial charge is 0.322 e. The first-order chi connectivity index (χ1) is 11.8. The minimum absolute atomic E-state index is 0.201. The molecule has 5 rings (SSSR count). The van der Waals surface area contributed by atoms with E-state index in [0.29, 0.717) is 11.6 Å². The van der Waals surface area contributed by atoms with Crippen molar-refractivity contribution in [2.75, 3.05) is 5.32 Å². The summed E-state index contributed by atoms with van der Waals surface area (Å²) in [5, 5.41) is 10.7. The number of benzene rings is 1. The zero-order chi connectivity index (χ0) is 16.1. The number of carbonyl (C=O) groups is 1. The summed E-state index contributed by atoms with van der Waals surface area (Å²) in [6.07, 6.45) is 7.49. The Morgan fingerprint density at radius 1 is 1.21 bits per heavy atom. The molecular weight excluding hydrogens is 304 g/mol. The smallest absolute Gasteiger partial charge is 0.257 e. The molecule has 0 saturated heterocycles. The second-order valence-electron chi connectivity index (χ2n) is 6.08. The molecule has 0 unspecified atom stereocenters. The molecule has 1 aliphatic rings. The lowest BCUT2D eigenvalue weighted by atomic mass is 10.2. The van der Waals surface area contributed by atoms with Crippen molar-refractivity contribution in [1.82, 2.24) is 24.7 Å². The summed E-state index contributed by atoms with van der Waals surface area (Å²) in [4.78, 5) is 21.3. The minimum Gasteiger partial charge on any atom is -0.322 e. The van der Waals surface area contributed by atoms with Crippen LogP contribution in [0.25, 0.3) is 22.1 Å². The molecular formula is C17H14N6O. The van der Waals surface area contributed by atoms with E-state index in [-0.39, 0.29) is 5.91 Å². The van der Waals surface area contributed by atoms with Crippen LogP contribution in [0.2, 0.25) is 0 Å². The van der Waals surface area contributed by atoms with Crippen molar-refractivity contribution in [3.05, 3.63) is 48.5 Å². The number of carbonyl (C=O) groups excluding carboxylic acids is 1. The van der Waals surface area contributed by atoms with Crippen LogP contribution in [0.4, 0.5) is 5.69 Å². The van der Waals surface area contributed by atoms with Crippen molar-refractivity contribution >= 4 is 33.7 Å². The lowest BCUT2D eigenvalue weighted by Gasteiger charge is -2.06. The molecule has 4 aromatic rings. The molecule has 118 valence electrons. The van der Waals surface area contributed by atoms with Gasteiger partial charge in [0.2, 0.25) is 0 Å². The third kappa shape index (κ3) is 2.13. The Balaban J connectivity index is 1.44. The van der Waals surface area contributed by atoms with Gasteiger partial charge in [0.05, 0.1) is 23.6 Å². The fourth-order valence-electron chi connectivity index (χ4n) is 2.89. The summed E-state index contributed by atoms with van der Waals surface area (Å²) < 4.78 is 2.09. The van der Waals surface area contributed by atoms with E-state index in [1.54, 1.807) is 18.5 Å². The number of fused-ring (bicyclic) bond motifs is 2. The minimum atomic E-state index is -0.201. The summed E-state index contributed by atoms with van der Waals surface area (Å²) >= 11 is 0. The van der Waals surface area contributed by atoms with Crippen molar-refractivity contribution in [2.45, 2.75) is 18.9 Å². The van der Waals surface area contributed by atoms with E-state index in [1.807, 2.05) is 24.5 Å². The van der Waals surface area contributed by atoms with Crippen LogP contribution in [0.15, 0.2) is 43.0 Å². The number of aromatic nitrogens is 5. The normalized spacial score (nSPS) is 14.3. The first kappa shape index (κ1) is 13.2.